The number of benzene rings is 1. The van der Waals surface area contributed by atoms with Crippen LogP contribution in [0.1, 0.15) is 30.5 Å². The van der Waals surface area contributed by atoms with E-state index in [9.17, 15) is 0 Å². The van der Waals surface area contributed by atoms with Gasteiger partial charge in [-0.05, 0) is 19.0 Å². The topological polar surface area (TPSA) is 48.3 Å². The lowest BCUT2D eigenvalue weighted by atomic mass is 9.99. The summed E-state index contributed by atoms with van der Waals surface area (Å²) in [6.07, 6.45) is 5.01. The van der Waals surface area contributed by atoms with E-state index in [1.807, 2.05) is 36.3 Å². The van der Waals surface area contributed by atoms with Gasteiger partial charge in [-0.3, -0.25) is 4.68 Å². The van der Waals surface area contributed by atoms with Crippen LogP contribution in [0.2, 0.25) is 0 Å². The Balaban J connectivity index is 2.00. The van der Waals surface area contributed by atoms with Crippen molar-refractivity contribution in [3.63, 3.8) is 0 Å². The fraction of sp³-hybridized carbons (Fsp3) is 0.438. The zero-order chi connectivity index (χ0) is 14.7. The van der Waals surface area contributed by atoms with Gasteiger partial charge in [0.1, 0.15) is 13.2 Å². The highest BCUT2D eigenvalue weighted by molar-refractivity contribution is 5.51. The van der Waals surface area contributed by atoms with Crippen LogP contribution in [0.15, 0.2) is 30.6 Å². The summed E-state index contributed by atoms with van der Waals surface area (Å²) in [5.74, 6) is 1.67. The highest BCUT2D eigenvalue weighted by atomic mass is 16.6. The minimum Gasteiger partial charge on any atom is -0.486 e. The number of rotatable bonds is 5. The van der Waals surface area contributed by atoms with E-state index in [0.29, 0.717) is 13.2 Å². The van der Waals surface area contributed by atoms with Gasteiger partial charge in [0.15, 0.2) is 11.5 Å². The van der Waals surface area contributed by atoms with E-state index in [2.05, 4.69) is 23.4 Å². The Morgan fingerprint density at radius 1 is 1.33 bits per heavy atom. The average molecular weight is 287 g/mol. The van der Waals surface area contributed by atoms with E-state index in [1.54, 1.807) is 0 Å². The van der Waals surface area contributed by atoms with Crippen LogP contribution in [0, 0.1) is 0 Å². The van der Waals surface area contributed by atoms with Crippen LogP contribution in [-0.4, -0.2) is 29.5 Å². The third-order valence-corrected chi connectivity index (χ3v) is 3.56. The standard InChI is InChI=1S/C16H21N3O2/c1-3-7-17-15(12-10-18-19(2)11-12)13-5-4-6-14-16(13)21-9-8-20-14/h4-6,10-11,15,17H,3,7-9H2,1-2H3. The summed E-state index contributed by atoms with van der Waals surface area (Å²) < 4.78 is 13.4. The second kappa shape index (κ2) is 6.18. The molecule has 0 fully saturated rings. The summed E-state index contributed by atoms with van der Waals surface area (Å²) >= 11 is 0. The lowest BCUT2D eigenvalue weighted by Gasteiger charge is -2.25. The zero-order valence-electron chi connectivity index (χ0n) is 12.5. The van der Waals surface area contributed by atoms with Crippen molar-refractivity contribution < 1.29 is 9.47 Å². The molecule has 5 heteroatoms. The molecule has 1 unspecified atom stereocenters. The molecule has 0 aliphatic carbocycles. The van der Waals surface area contributed by atoms with Crippen molar-refractivity contribution in [2.24, 2.45) is 7.05 Å². The fourth-order valence-corrected chi connectivity index (χ4v) is 2.61. The molecule has 1 aromatic carbocycles. The predicted molar refractivity (Wildman–Crippen MR) is 80.8 cm³/mol. The van der Waals surface area contributed by atoms with E-state index in [0.717, 1.165) is 35.6 Å². The summed E-state index contributed by atoms with van der Waals surface area (Å²) in [4.78, 5) is 0. The van der Waals surface area contributed by atoms with Crippen LogP contribution < -0.4 is 14.8 Å². The smallest absolute Gasteiger partial charge is 0.166 e. The van der Waals surface area contributed by atoms with Gasteiger partial charge in [-0.15, -0.1) is 0 Å². The first-order valence-electron chi connectivity index (χ1n) is 7.40. The van der Waals surface area contributed by atoms with Crippen molar-refractivity contribution in [1.82, 2.24) is 15.1 Å². The van der Waals surface area contributed by atoms with Gasteiger partial charge in [-0.1, -0.05) is 19.1 Å². The van der Waals surface area contributed by atoms with Crippen molar-refractivity contribution in [3.05, 3.63) is 41.7 Å². The molecule has 5 nitrogen and oxygen atoms in total. The third kappa shape index (κ3) is 2.88. The summed E-state index contributed by atoms with van der Waals surface area (Å²) in [6.45, 7) is 4.30. The van der Waals surface area contributed by atoms with Crippen LogP contribution in [0.3, 0.4) is 0 Å². The molecule has 3 rings (SSSR count). The number of nitrogens with one attached hydrogen (secondary N) is 1. The first kappa shape index (κ1) is 13.9. The van der Waals surface area contributed by atoms with Gasteiger partial charge in [0.25, 0.3) is 0 Å². The highest BCUT2D eigenvalue weighted by Gasteiger charge is 2.23. The molecule has 0 saturated heterocycles. The summed E-state index contributed by atoms with van der Waals surface area (Å²) in [6, 6.07) is 6.13. The van der Waals surface area contributed by atoms with Crippen molar-refractivity contribution in [2.75, 3.05) is 19.8 Å². The second-order valence-electron chi connectivity index (χ2n) is 5.21. The maximum absolute atomic E-state index is 5.85. The molecule has 0 saturated carbocycles. The lowest BCUT2D eigenvalue weighted by Crippen LogP contribution is -2.25. The molecule has 0 amide bonds. The Morgan fingerprint density at radius 3 is 2.95 bits per heavy atom. The highest BCUT2D eigenvalue weighted by Crippen LogP contribution is 2.38. The largest absolute Gasteiger partial charge is 0.486 e. The zero-order valence-corrected chi connectivity index (χ0v) is 12.5. The molecule has 2 heterocycles. The van der Waals surface area contributed by atoms with Gasteiger partial charge in [-0.2, -0.15) is 5.10 Å². The van der Waals surface area contributed by atoms with Gasteiger partial charge in [0.05, 0.1) is 12.2 Å². The Hall–Kier alpha value is -2.01. The van der Waals surface area contributed by atoms with Gasteiger partial charge < -0.3 is 14.8 Å². The molecule has 0 spiro atoms. The van der Waals surface area contributed by atoms with Crippen molar-refractivity contribution in [3.8, 4) is 11.5 Å². The van der Waals surface area contributed by atoms with Gasteiger partial charge in [0.2, 0.25) is 0 Å². The van der Waals surface area contributed by atoms with Crippen molar-refractivity contribution in [1.29, 1.82) is 0 Å². The lowest BCUT2D eigenvalue weighted by molar-refractivity contribution is 0.169. The molecule has 0 bridgehead atoms. The molecule has 2 aromatic rings. The number of fused-ring (bicyclic) bond motifs is 1. The van der Waals surface area contributed by atoms with E-state index < -0.39 is 0 Å². The minimum atomic E-state index is 0.0651. The first-order chi connectivity index (χ1) is 10.3. The molecular formula is C16H21N3O2. The average Bonchev–Trinajstić information content (AvgIpc) is 2.94. The van der Waals surface area contributed by atoms with Crippen molar-refractivity contribution >= 4 is 0 Å². The molecule has 1 aliphatic rings. The number of nitrogens with zero attached hydrogens (tertiary/aromatic N) is 2. The number of ether oxygens (including phenoxy) is 2. The molecule has 1 N–H and O–H groups in total. The van der Waals surface area contributed by atoms with E-state index in [-0.39, 0.29) is 6.04 Å². The van der Waals surface area contributed by atoms with Gasteiger partial charge in [0, 0.05) is 24.4 Å². The molecule has 112 valence electrons. The van der Waals surface area contributed by atoms with Gasteiger partial charge >= 0.3 is 0 Å². The first-order valence-corrected chi connectivity index (χ1v) is 7.40. The Labute approximate surface area is 124 Å². The van der Waals surface area contributed by atoms with Crippen LogP contribution >= 0.6 is 0 Å². The number of aromatic nitrogens is 2. The molecular weight excluding hydrogens is 266 g/mol. The van der Waals surface area contributed by atoms with Crippen LogP contribution in [-0.2, 0) is 7.05 Å². The molecule has 21 heavy (non-hydrogen) atoms. The molecule has 1 atom stereocenters. The number of hydrogen-bond donors (Lipinski definition) is 1. The maximum atomic E-state index is 5.85. The monoisotopic (exact) mass is 287 g/mol. The Kier molecular flexibility index (Phi) is 4.10. The minimum absolute atomic E-state index is 0.0651. The van der Waals surface area contributed by atoms with E-state index in [1.165, 1.54) is 0 Å². The maximum Gasteiger partial charge on any atom is 0.166 e. The molecule has 1 aliphatic heterocycles. The Morgan fingerprint density at radius 2 is 2.19 bits per heavy atom. The predicted octanol–water partition coefficient (Wildman–Crippen LogP) is 2.28. The third-order valence-electron chi connectivity index (χ3n) is 3.56. The Bertz CT molecular complexity index is 609. The normalized spacial score (nSPS) is 15.0. The molecule has 1 aromatic heterocycles. The summed E-state index contributed by atoms with van der Waals surface area (Å²) in [7, 11) is 1.93. The number of hydrogen-bond acceptors (Lipinski definition) is 4. The fourth-order valence-electron chi connectivity index (χ4n) is 2.61. The van der Waals surface area contributed by atoms with Crippen LogP contribution in [0.25, 0.3) is 0 Å². The summed E-state index contributed by atoms with van der Waals surface area (Å²) in [5.41, 5.74) is 2.24. The van der Waals surface area contributed by atoms with E-state index in [4.69, 9.17) is 9.47 Å². The van der Waals surface area contributed by atoms with E-state index >= 15 is 0 Å². The SMILES string of the molecule is CCCNC(c1cnn(C)c1)c1cccc2c1OCCO2. The number of aryl methyl sites for hydroxylation is 1. The van der Waals surface area contributed by atoms with Crippen LogP contribution in [0.5, 0.6) is 11.5 Å². The number of para-hydroxylation sites is 1. The van der Waals surface area contributed by atoms with Crippen molar-refractivity contribution in [2.45, 2.75) is 19.4 Å². The van der Waals surface area contributed by atoms with Crippen LogP contribution in [0.4, 0.5) is 0 Å². The quantitative estimate of drug-likeness (QED) is 0.916. The van der Waals surface area contributed by atoms with Gasteiger partial charge in [-0.25, -0.2) is 0 Å². The summed E-state index contributed by atoms with van der Waals surface area (Å²) in [5, 5.41) is 7.86. The molecule has 0 radical (unpaired) electrons. The second-order valence-corrected chi connectivity index (χ2v) is 5.21.